The molecule has 0 spiro atoms. The Morgan fingerprint density at radius 1 is 1.29 bits per heavy atom. The van der Waals surface area contributed by atoms with Crippen molar-refractivity contribution < 1.29 is 18.7 Å². The number of aliphatic hydroxyl groups excluding tert-OH is 1. The second-order valence-corrected chi connectivity index (χ2v) is 5.30. The minimum Gasteiger partial charge on any atom is -0.386 e. The van der Waals surface area contributed by atoms with Crippen LogP contribution >= 0.6 is 11.3 Å². The molecule has 4 nitrogen and oxygen atoms in total. The van der Waals surface area contributed by atoms with Crippen molar-refractivity contribution in [3.8, 4) is 0 Å². The number of thiophene rings is 1. The lowest BCUT2D eigenvalue weighted by atomic mass is 10.0. The molecular weight excluding hydrogens is 298 g/mol. The van der Waals surface area contributed by atoms with E-state index in [1.54, 1.807) is 18.4 Å². The molecule has 0 fully saturated rings. The van der Waals surface area contributed by atoms with Crippen LogP contribution in [0.5, 0.6) is 0 Å². The van der Waals surface area contributed by atoms with Crippen molar-refractivity contribution in [2.45, 2.75) is 19.1 Å². The lowest BCUT2D eigenvalue weighted by Gasteiger charge is -2.20. The maximum Gasteiger partial charge on any atom is 0.319 e. The molecule has 7 heteroatoms. The van der Waals surface area contributed by atoms with Gasteiger partial charge in [-0.25, -0.2) is 13.6 Å². The number of hydrogen-bond donors (Lipinski definition) is 3. The molecule has 21 heavy (non-hydrogen) atoms. The van der Waals surface area contributed by atoms with E-state index in [0.717, 1.165) is 12.1 Å². The quantitative estimate of drug-likeness (QED) is 0.811. The number of rotatable bonds is 4. The van der Waals surface area contributed by atoms with E-state index in [4.69, 9.17) is 0 Å². The molecule has 2 unspecified atom stereocenters. The normalized spacial score (nSPS) is 13.5. The Labute approximate surface area is 124 Å². The summed E-state index contributed by atoms with van der Waals surface area (Å²) >= 11 is 1.44. The average Bonchev–Trinajstić information content (AvgIpc) is 2.93. The van der Waals surface area contributed by atoms with Crippen LogP contribution in [0.25, 0.3) is 0 Å². The van der Waals surface area contributed by atoms with Crippen molar-refractivity contribution in [3.63, 3.8) is 0 Å². The van der Waals surface area contributed by atoms with Gasteiger partial charge < -0.3 is 15.7 Å². The summed E-state index contributed by atoms with van der Waals surface area (Å²) in [6, 6.07) is 3.70. The van der Waals surface area contributed by atoms with Gasteiger partial charge in [0.25, 0.3) is 0 Å². The molecule has 1 heterocycles. The van der Waals surface area contributed by atoms with Crippen LogP contribution < -0.4 is 10.6 Å². The summed E-state index contributed by atoms with van der Waals surface area (Å²) in [6.45, 7) is 1.57. The van der Waals surface area contributed by atoms with E-state index in [-0.39, 0.29) is 5.56 Å². The first-order valence-corrected chi connectivity index (χ1v) is 7.14. The zero-order chi connectivity index (χ0) is 15.4. The number of hydrogen-bond acceptors (Lipinski definition) is 3. The number of anilines is 1. The number of amides is 2. The van der Waals surface area contributed by atoms with E-state index < -0.39 is 29.8 Å². The van der Waals surface area contributed by atoms with Crippen molar-refractivity contribution in [2.75, 3.05) is 5.32 Å². The lowest BCUT2D eigenvalue weighted by Crippen LogP contribution is -2.39. The molecular formula is C14H14F2N2O2S. The van der Waals surface area contributed by atoms with Gasteiger partial charge in [-0.3, -0.25) is 0 Å². The largest absolute Gasteiger partial charge is 0.386 e. The summed E-state index contributed by atoms with van der Waals surface area (Å²) in [7, 11) is 0. The van der Waals surface area contributed by atoms with Crippen LogP contribution in [0, 0.1) is 11.6 Å². The average molecular weight is 312 g/mol. The van der Waals surface area contributed by atoms with Crippen molar-refractivity contribution in [1.29, 1.82) is 0 Å². The molecule has 1 aromatic carbocycles. The van der Waals surface area contributed by atoms with Crippen molar-refractivity contribution in [3.05, 3.63) is 52.2 Å². The van der Waals surface area contributed by atoms with E-state index in [1.165, 1.54) is 17.4 Å². The van der Waals surface area contributed by atoms with Crippen LogP contribution in [-0.2, 0) is 0 Å². The van der Waals surface area contributed by atoms with Crippen molar-refractivity contribution >= 4 is 23.1 Å². The van der Waals surface area contributed by atoms with Gasteiger partial charge >= 0.3 is 6.03 Å². The van der Waals surface area contributed by atoms with E-state index >= 15 is 0 Å². The molecule has 0 aliphatic carbocycles. The summed E-state index contributed by atoms with van der Waals surface area (Å²) < 4.78 is 26.0. The van der Waals surface area contributed by atoms with Crippen LogP contribution in [0.3, 0.4) is 0 Å². The number of aliphatic hydroxyl groups is 1. The van der Waals surface area contributed by atoms with Crippen molar-refractivity contribution in [2.24, 2.45) is 0 Å². The van der Waals surface area contributed by atoms with Gasteiger partial charge in [-0.15, -0.1) is 0 Å². The number of urea groups is 1. The molecule has 0 aliphatic rings. The fourth-order valence-corrected chi connectivity index (χ4v) is 2.36. The highest BCUT2D eigenvalue weighted by atomic mass is 32.1. The zero-order valence-electron chi connectivity index (χ0n) is 11.1. The highest BCUT2D eigenvalue weighted by Gasteiger charge is 2.19. The summed E-state index contributed by atoms with van der Waals surface area (Å²) in [6.07, 6.45) is -1.15. The predicted octanol–water partition coefficient (Wildman–Crippen LogP) is 3.27. The van der Waals surface area contributed by atoms with E-state index in [0.29, 0.717) is 5.69 Å². The third-order valence-electron chi connectivity index (χ3n) is 2.90. The molecule has 2 aromatic rings. The topological polar surface area (TPSA) is 61.4 Å². The first-order chi connectivity index (χ1) is 9.97. The summed E-state index contributed by atoms with van der Waals surface area (Å²) in [5, 5.41) is 18.8. The van der Waals surface area contributed by atoms with Crippen LogP contribution in [0.15, 0.2) is 35.0 Å². The van der Waals surface area contributed by atoms with Gasteiger partial charge in [-0.05, 0) is 36.1 Å². The SMILES string of the molecule is CC(NC(=O)Nc1ccsc1)C(O)c1ccc(F)c(F)c1. The van der Waals surface area contributed by atoms with Gasteiger partial charge in [0.05, 0.1) is 17.8 Å². The number of benzene rings is 1. The summed E-state index contributed by atoms with van der Waals surface area (Å²) in [5.41, 5.74) is 0.837. The van der Waals surface area contributed by atoms with Gasteiger partial charge in [-0.2, -0.15) is 11.3 Å². The number of carbonyl (C=O) groups excluding carboxylic acids is 1. The molecule has 1 aromatic heterocycles. The molecule has 3 N–H and O–H groups in total. The Morgan fingerprint density at radius 3 is 2.67 bits per heavy atom. The summed E-state index contributed by atoms with van der Waals surface area (Å²) in [4.78, 5) is 11.7. The van der Waals surface area contributed by atoms with Crippen LogP contribution in [0.1, 0.15) is 18.6 Å². The third-order valence-corrected chi connectivity index (χ3v) is 3.58. The Hall–Kier alpha value is -1.99. The molecule has 2 rings (SSSR count). The third kappa shape index (κ3) is 3.99. The highest BCUT2D eigenvalue weighted by molar-refractivity contribution is 7.08. The van der Waals surface area contributed by atoms with Gasteiger partial charge in [0, 0.05) is 5.38 Å². The van der Waals surface area contributed by atoms with Crippen LogP contribution in [0.4, 0.5) is 19.3 Å². The first-order valence-electron chi connectivity index (χ1n) is 6.20. The minimum atomic E-state index is -1.15. The maximum absolute atomic E-state index is 13.1. The number of carbonyl (C=O) groups is 1. The monoisotopic (exact) mass is 312 g/mol. The number of halogens is 2. The van der Waals surface area contributed by atoms with Gasteiger partial charge in [-0.1, -0.05) is 6.07 Å². The Kier molecular flexibility index (Phi) is 4.87. The fraction of sp³-hybridized carbons (Fsp3) is 0.214. The van der Waals surface area contributed by atoms with E-state index in [1.807, 2.05) is 5.38 Å². The van der Waals surface area contributed by atoms with Gasteiger partial charge in [0.15, 0.2) is 11.6 Å². The zero-order valence-corrected chi connectivity index (χ0v) is 12.0. The number of nitrogens with one attached hydrogen (secondary N) is 2. The first kappa shape index (κ1) is 15.4. The van der Waals surface area contributed by atoms with E-state index in [2.05, 4.69) is 10.6 Å². The standard InChI is InChI=1S/C14H14F2N2O2S/c1-8(17-14(20)18-10-4-5-21-7-10)13(19)9-2-3-11(15)12(16)6-9/h2-8,13,19H,1H3,(H2,17,18,20). The molecule has 0 saturated carbocycles. The fourth-order valence-electron chi connectivity index (χ4n) is 1.77. The summed E-state index contributed by atoms with van der Waals surface area (Å²) in [5.74, 6) is -2.02. The Balaban J connectivity index is 1.96. The molecule has 2 amide bonds. The van der Waals surface area contributed by atoms with Gasteiger partial charge in [0.1, 0.15) is 0 Å². The predicted molar refractivity (Wildman–Crippen MR) is 77.3 cm³/mol. The molecule has 0 bridgehead atoms. The van der Waals surface area contributed by atoms with Gasteiger partial charge in [0.2, 0.25) is 0 Å². The van der Waals surface area contributed by atoms with E-state index in [9.17, 15) is 18.7 Å². The smallest absolute Gasteiger partial charge is 0.319 e. The van der Waals surface area contributed by atoms with Crippen LogP contribution in [-0.4, -0.2) is 17.2 Å². The second kappa shape index (κ2) is 6.64. The Bertz CT molecular complexity index is 619. The van der Waals surface area contributed by atoms with Crippen LogP contribution in [0.2, 0.25) is 0 Å². The molecule has 112 valence electrons. The second-order valence-electron chi connectivity index (χ2n) is 4.52. The lowest BCUT2D eigenvalue weighted by molar-refractivity contribution is 0.138. The minimum absolute atomic E-state index is 0.192. The molecule has 0 radical (unpaired) electrons. The highest BCUT2D eigenvalue weighted by Crippen LogP contribution is 2.19. The molecule has 0 saturated heterocycles. The molecule has 0 aliphatic heterocycles. The molecule has 2 atom stereocenters. The maximum atomic E-state index is 13.1. The van der Waals surface area contributed by atoms with Crippen molar-refractivity contribution in [1.82, 2.24) is 5.32 Å². The Morgan fingerprint density at radius 2 is 2.05 bits per heavy atom.